The molecule has 0 aliphatic carbocycles. The molecule has 1 aliphatic rings. The number of rotatable bonds is 2. The van der Waals surface area contributed by atoms with E-state index in [-0.39, 0.29) is 12.1 Å². The van der Waals surface area contributed by atoms with Gasteiger partial charge in [-0.1, -0.05) is 30.3 Å². The van der Waals surface area contributed by atoms with Crippen molar-refractivity contribution in [1.82, 2.24) is 9.99 Å². The van der Waals surface area contributed by atoms with Gasteiger partial charge in [0.2, 0.25) is 0 Å². The third-order valence-corrected chi connectivity index (χ3v) is 3.79. The molecule has 1 unspecified atom stereocenters. The van der Waals surface area contributed by atoms with Crippen molar-refractivity contribution in [2.45, 2.75) is 12.5 Å². The Labute approximate surface area is 136 Å². The lowest BCUT2D eigenvalue weighted by atomic mass is 10.1. The number of urea groups is 1. The van der Waals surface area contributed by atoms with Crippen LogP contribution in [0.1, 0.15) is 18.0 Å². The van der Waals surface area contributed by atoms with Gasteiger partial charge in [-0.2, -0.15) is 5.10 Å². The Morgan fingerprint density at radius 1 is 1.29 bits per heavy atom. The topological polar surface area (TPSA) is 57.6 Å². The summed E-state index contributed by atoms with van der Waals surface area (Å²) in [5.74, 6) is 0. The Kier molecular flexibility index (Phi) is 4.14. The van der Waals surface area contributed by atoms with Crippen LogP contribution < -0.4 is 5.32 Å². The molecule has 0 fully saturated rings. The lowest BCUT2D eigenvalue weighted by Gasteiger charge is -2.22. The van der Waals surface area contributed by atoms with Crippen molar-refractivity contribution >= 4 is 40.5 Å². The monoisotopic (exact) mass is 392 g/mol. The van der Waals surface area contributed by atoms with Crippen molar-refractivity contribution in [2.75, 3.05) is 5.32 Å². The van der Waals surface area contributed by atoms with E-state index in [0.717, 1.165) is 15.7 Å². The molecule has 3 rings (SSSR count). The third-order valence-electron chi connectivity index (χ3n) is 3.20. The molecule has 0 saturated heterocycles. The largest absolute Gasteiger partial charge is 0.342 e. The van der Waals surface area contributed by atoms with Crippen LogP contribution in [0.15, 0.2) is 53.8 Å². The van der Waals surface area contributed by atoms with E-state index in [0.29, 0.717) is 5.69 Å². The number of halogens is 1. The second-order valence-corrected chi connectivity index (χ2v) is 5.71. The van der Waals surface area contributed by atoms with E-state index in [1.54, 1.807) is 18.5 Å². The molecule has 0 saturated carbocycles. The van der Waals surface area contributed by atoms with Gasteiger partial charge >= 0.3 is 6.03 Å². The molecule has 2 amide bonds. The highest BCUT2D eigenvalue weighted by molar-refractivity contribution is 14.1. The van der Waals surface area contributed by atoms with Gasteiger partial charge in [-0.25, -0.2) is 9.80 Å². The van der Waals surface area contributed by atoms with Crippen LogP contribution in [-0.2, 0) is 0 Å². The zero-order valence-electron chi connectivity index (χ0n) is 11.1. The molecular formula is C15H13IN4O. The number of aromatic nitrogens is 1. The highest BCUT2D eigenvalue weighted by Crippen LogP contribution is 2.28. The highest BCUT2D eigenvalue weighted by Gasteiger charge is 2.28. The van der Waals surface area contributed by atoms with Gasteiger partial charge in [-0.3, -0.25) is 4.98 Å². The number of anilines is 1. The predicted molar refractivity (Wildman–Crippen MR) is 90.1 cm³/mol. The maximum absolute atomic E-state index is 12.4. The fourth-order valence-corrected chi connectivity index (χ4v) is 2.72. The van der Waals surface area contributed by atoms with Crippen LogP contribution >= 0.6 is 22.6 Å². The number of benzene rings is 1. The van der Waals surface area contributed by atoms with E-state index < -0.39 is 0 Å². The molecule has 0 bridgehead atoms. The maximum Gasteiger partial charge on any atom is 0.342 e. The fraction of sp³-hybridized carbons (Fsp3) is 0.133. The molecule has 1 aromatic carbocycles. The van der Waals surface area contributed by atoms with Crippen LogP contribution in [0.4, 0.5) is 10.5 Å². The van der Waals surface area contributed by atoms with Gasteiger partial charge < -0.3 is 5.32 Å². The summed E-state index contributed by atoms with van der Waals surface area (Å²) in [6.45, 7) is 0. The first-order valence-electron chi connectivity index (χ1n) is 6.53. The van der Waals surface area contributed by atoms with Gasteiger partial charge in [0.15, 0.2) is 0 Å². The van der Waals surface area contributed by atoms with Crippen molar-refractivity contribution in [3.63, 3.8) is 0 Å². The summed E-state index contributed by atoms with van der Waals surface area (Å²) in [6, 6.07) is 13.2. The number of hydrogen-bond donors (Lipinski definition) is 1. The first kappa shape index (κ1) is 14.0. The molecule has 5 nitrogen and oxygen atoms in total. The number of carbonyl (C=O) groups is 1. The van der Waals surface area contributed by atoms with Crippen LogP contribution in [0, 0.1) is 3.70 Å². The molecule has 2 heterocycles. The quantitative estimate of drug-likeness (QED) is 0.627. The molecule has 1 aromatic heterocycles. The van der Waals surface area contributed by atoms with E-state index in [2.05, 4.69) is 38.0 Å². The minimum absolute atomic E-state index is 0.0490. The number of carbonyl (C=O) groups excluding carboxylic acids is 1. The van der Waals surface area contributed by atoms with Crippen molar-refractivity contribution in [2.24, 2.45) is 5.10 Å². The van der Waals surface area contributed by atoms with E-state index in [4.69, 9.17) is 0 Å². The average molecular weight is 392 g/mol. The number of hydrazone groups is 1. The highest BCUT2D eigenvalue weighted by atomic mass is 127. The van der Waals surface area contributed by atoms with E-state index in [1.807, 2.05) is 36.4 Å². The molecule has 0 spiro atoms. The van der Waals surface area contributed by atoms with Crippen LogP contribution in [0.3, 0.4) is 0 Å². The second-order valence-electron chi connectivity index (χ2n) is 4.60. The molecule has 1 atom stereocenters. The SMILES string of the molecule is O=C(Nc1ccnc(I)c1)N1N=CCC1c1ccccc1. The third kappa shape index (κ3) is 3.21. The Balaban J connectivity index is 1.76. The van der Waals surface area contributed by atoms with Crippen LogP contribution in [-0.4, -0.2) is 22.2 Å². The van der Waals surface area contributed by atoms with Crippen molar-refractivity contribution in [1.29, 1.82) is 0 Å². The predicted octanol–water partition coefficient (Wildman–Crippen LogP) is 3.65. The Morgan fingerprint density at radius 3 is 2.86 bits per heavy atom. The fourth-order valence-electron chi connectivity index (χ4n) is 2.22. The molecule has 2 aromatic rings. The van der Waals surface area contributed by atoms with Crippen LogP contribution in [0.2, 0.25) is 0 Å². The number of amides is 2. The van der Waals surface area contributed by atoms with E-state index in [1.165, 1.54) is 5.01 Å². The first-order chi connectivity index (χ1) is 10.2. The van der Waals surface area contributed by atoms with E-state index in [9.17, 15) is 4.79 Å². The summed E-state index contributed by atoms with van der Waals surface area (Å²) in [5.41, 5.74) is 1.79. The van der Waals surface area contributed by atoms with Crippen LogP contribution in [0.25, 0.3) is 0 Å². The van der Waals surface area contributed by atoms with Crippen molar-refractivity contribution in [3.05, 3.63) is 57.9 Å². The van der Waals surface area contributed by atoms with E-state index >= 15 is 0 Å². The van der Waals surface area contributed by atoms with Crippen LogP contribution in [0.5, 0.6) is 0 Å². The van der Waals surface area contributed by atoms with Crippen molar-refractivity contribution < 1.29 is 4.79 Å². The summed E-state index contributed by atoms with van der Waals surface area (Å²) in [5, 5.41) is 8.53. The lowest BCUT2D eigenvalue weighted by molar-refractivity contribution is 0.200. The summed E-state index contributed by atoms with van der Waals surface area (Å²) < 4.78 is 0.829. The summed E-state index contributed by atoms with van der Waals surface area (Å²) >= 11 is 2.11. The number of pyridine rings is 1. The minimum Gasteiger partial charge on any atom is -0.306 e. The molecule has 21 heavy (non-hydrogen) atoms. The smallest absolute Gasteiger partial charge is 0.306 e. The molecule has 106 valence electrons. The summed E-state index contributed by atoms with van der Waals surface area (Å²) in [7, 11) is 0. The van der Waals surface area contributed by atoms with Gasteiger partial charge in [0, 0.05) is 24.5 Å². The minimum atomic E-state index is -0.236. The number of nitrogens with zero attached hydrogens (tertiary/aromatic N) is 3. The zero-order chi connectivity index (χ0) is 14.7. The molecule has 1 aliphatic heterocycles. The average Bonchev–Trinajstić information content (AvgIpc) is 2.98. The Bertz CT molecular complexity index is 674. The van der Waals surface area contributed by atoms with Gasteiger partial charge in [0.1, 0.15) is 3.70 Å². The zero-order valence-corrected chi connectivity index (χ0v) is 13.3. The Hall–Kier alpha value is -1.96. The lowest BCUT2D eigenvalue weighted by Crippen LogP contribution is -2.31. The normalized spacial score (nSPS) is 17.0. The summed E-state index contributed by atoms with van der Waals surface area (Å²) in [4.78, 5) is 16.5. The summed E-state index contributed by atoms with van der Waals surface area (Å²) in [6.07, 6.45) is 4.16. The molecular weight excluding hydrogens is 379 g/mol. The first-order valence-corrected chi connectivity index (χ1v) is 7.61. The number of hydrogen-bond acceptors (Lipinski definition) is 3. The molecule has 6 heteroatoms. The van der Waals surface area contributed by atoms with Gasteiger partial charge in [-0.05, 0) is 40.3 Å². The van der Waals surface area contributed by atoms with Gasteiger partial charge in [-0.15, -0.1) is 0 Å². The Morgan fingerprint density at radius 2 is 2.10 bits per heavy atom. The second kappa shape index (κ2) is 6.21. The van der Waals surface area contributed by atoms with Gasteiger partial charge in [0.25, 0.3) is 0 Å². The standard InChI is InChI=1S/C15H13IN4O/c16-14-10-12(6-8-17-14)19-15(21)20-13(7-9-18-20)11-4-2-1-3-5-11/h1-6,8-10,13H,7H2,(H,17,19,21). The molecule has 0 radical (unpaired) electrons. The maximum atomic E-state index is 12.4. The molecule has 1 N–H and O–H groups in total. The van der Waals surface area contributed by atoms with Crippen molar-refractivity contribution in [3.8, 4) is 0 Å². The number of nitrogens with one attached hydrogen (secondary N) is 1. The van der Waals surface area contributed by atoms with Gasteiger partial charge in [0.05, 0.1) is 6.04 Å².